The van der Waals surface area contributed by atoms with Gasteiger partial charge in [0, 0.05) is 19.1 Å². The number of amides is 1. The van der Waals surface area contributed by atoms with Crippen LogP contribution in [0.3, 0.4) is 0 Å². The second-order valence-corrected chi connectivity index (χ2v) is 5.18. The zero-order valence-electron chi connectivity index (χ0n) is 10.7. The third kappa shape index (κ3) is 4.00. The van der Waals surface area contributed by atoms with E-state index in [1.165, 1.54) is 0 Å². The summed E-state index contributed by atoms with van der Waals surface area (Å²) in [6.45, 7) is 5.75. The minimum Gasteiger partial charge on any atom is -0.481 e. The molecular weight excluding hydrogens is 222 g/mol. The highest BCUT2D eigenvalue weighted by Crippen LogP contribution is 2.25. The van der Waals surface area contributed by atoms with Gasteiger partial charge in [-0.05, 0) is 33.6 Å². The molecule has 2 N–H and O–H groups in total. The fraction of sp³-hybridized carbons (Fsp3) is 0.833. The van der Waals surface area contributed by atoms with E-state index in [-0.39, 0.29) is 24.5 Å². The largest absolute Gasteiger partial charge is 0.481 e. The van der Waals surface area contributed by atoms with E-state index in [4.69, 9.17) is 9.84 Å². The fourth-order valence-corrected chi connectivity index (χ4v) is 1.81. The molecule has 1 aliphatic carbocycles. The quantitative estimate of drug-likeness (QED) is 0.734. The van der Waals surface area contributed by atoms with E-state index in [2.05, 4.69) is 5.32 Å². The van der Waals surface area contributed by atoms with Crippen LogP contribution < -0.4 is 5.32 Å². The first-order chi connectivity index (χ1) is 7.85. The van der Waals surface area contributed by atoms with Gasteiger partial charge in [-0.15, -0.1) is 0 Å². The number of hydrogen-bond acceptors (Lipinski definition) is 3. The Kier molecular flexibility index (Phi) is 4.51. The Morgan fingerprint density at radius 3 is 2.47 bits per heavy atom. The van der Waals surface area contributed by atoms with Gasteiger partial charge in [0.15, 0.2) is 0 Å². The molecule has 1 rings (SSSR count). The molecule has 0 saturated heterocycles. The summed E-state index contributed by atoms with van der Waals surface area (Å²) in [7, 11) is 0. The molecule has 0 heterocycles. The third-order valence-corrected chi connectivity index (χ3v) is 3.04. The van der Waals surface area contributed by atoms with Crippen LogP contribution in [0.25, 0.3) is 0 Å². The maximum Gasteiger partial charge on any atom is 0.309 e. The van der Waals surface area contributed by atoms with E-state index < -0.39 is 11.4 Å². The Morgan fingerprint density at radius 2 is 2.00 bits per heavy atom. The summed E-state index contributed by atoms with van der Waals surface area (Å²) >= 11 is 0. The van der Waals surface area contributed by atoms with Gasteiger partial charge in [0.2, 0.25) is 5.91 Å². The summed E-state index contributed by atoms with van der Waals surface area (Å²) in [4.78, 5) is 22.5. The minimum absolute atomic E-state index is 0.0120. The molecule has 0 aromatic carbocycles. The highest BCUT2D eigenvalue weighted by molar-refractivity contribution is 5.84. The Labute approximate surface area is 102 Å². The first-order valence-electron chi connectivity index (χ1n) is 5.99. The predicted molar refractivity (Wildman–Crippen MR) is 62.6 cm³/mol. The number of hydrogen-bond donors (Lipinski definition) is 2. The Balaban J connectivity index is 2.26. The van der Waals surface area contributed by atoms with Crippen molar-refractivity contribution >= 4 is 11.9 Å². The zero-order valence-corrected chi connectivity index (χ0v) is 10.7. The summed E-state index contributed by atoms with van der Waals surface area (Å²) in [6, 6.07) is 0.142. The number of nitrogens with one attached hydrogen (secondary N) is 1. The van der Waals surface area contributed by atoms with Gasteiger partial charge in [0.1, 0.15) is 0 Å². The Bertz CT molecular complexity index is 295. The van der Waals surface area contributed by atoms with Crippen molar-refractivity contribution in [3.63, 3.8) is 0 Å². The molecule has 0 aromatic rings. The lowest BCUT2D eigenvalue weighted by Crippen LogP contribution is -2.48. The molecule has 1 aliphatic rings. The summed E-state index contributed by atoms with van der Waals surface area (Å²) in [5.74, 6) is -1.15. The van der Waals surface area contributed by atoms with E-state index in [0.29, 0.717) is 6.61 Å². The summed E-state index contributed by atoms with van der Waals surface area (Å²) in [6.07, 6.45) is 1.91. The maximum atomic E-state index is 11.6. The number of carboxylic acid groups (broad SMARTS) is 1. The second-order valence-electron chi connectivity index (χ2n) is 5.18. The van der Waals surface area contributed by atoms with Crippen LogP contribution >= 0.6 is 0 Å². The van der Waals surface area contributed by atoms with Crippen LogP contribution in [0.5, 0.6) is 0 Å². The van der Waals surface area contributed by atoms with Crippen molar-refractivity contribution < 1.29 is 19.4 Å². The normalized spacial score (nSPS) is 23.9. The molecule has 0 radical (unpaired) electrons. The molecule has 0 aliphatic heterocycles. The number of carbonyl (C=O) groups excluding carboxylic acids is 1. The van der Waals surface area contributed by atoms with Crippen LogP contribution in [-0.2, 0) is 14.3 Å². The van der Waals surface area contributed by atoms with E-state index in [0.717, 1.165) is 12.8 Å². The lowest BCUT2D eigenvalue weighted by Gasteiger charge is -2.35. The van der Waals surface area contributed by atoms with E-state index in [1.807, 2.05) is 6.92 Å². The topological polar surface area (TPSA) is 75.6 Å². The van der Waals surface area contributed by atoms with E-state index in [9.17, 15) is 9.59 Å². The number of carbonyl (C=O) groups is 2. The van der Waals surface area contributed by atoms with E-state index >= 15 is 0 Å². The number of rotatable bonds is 6. The van der Waals surface area contributed by atoms with Gasteiger partial charge in [-0.3, -0.25) is 9.59 Å². The number of ether oxygens (including phenoxy) is 1. The van der Waals surface area contributed by atoms with Crippen LogP contribution in [-0.4, -0.2) is 35.7 Å². The molecule has 98 valence electrons. The minimum atomic E-state index is -1.01. The molecule has 1 saturated carbocycles. The highest BCUT2D eigenvalue weighted by Gasteiger charge is 2.34. The van der Waals surface area contributed by atoms with Crippen molar-refractivity contribution in [2.75, 3.05) is 6.61 Å². The molecule has 1 amide bonds. The maximum absolute atomic E-state index is 11.6. The molecule has 17 heavy (non-hydrogen) atoms. The first-order valence-corrected chi connectivity index (χ1v) is 5.99. The van der Waals surface area contributed by atoms with Gasteiger partial charge in [-0.1, -0.05) is 0 Å². The molecule has 1 fully saturated rings. The third-order valence-electron chi connectivity index (χ3n) is 3.04. The van der Waals surface area contributed by atoms with Crippen LogP contribution in [0, 0.1) is 5.41 Å². The summed E-state index contributed by atoms with van der Waals surface area (Å²) in [5, 5.41) is 11.7. The molecule has 0 aromatic heterocycles. The zero-order chi connectivity index (χ0) is 13.1. The second kappa shape index (κ2) is 5.49. The molecule has 0 bridgehead atoms. The van der Waals surface area contributed by atoms with Crippen LogP contribution in [0.15, 0.2) is 0 Å². The average Bonchev–Trinajstić information content (AvgIpc) is 2.13. The van der Waals surface area contributed by atoms with Crippen LogP contribution in [0.2, 0.25) is 0 Å². The van der Waals surface area contributed by atoms with Crippen molar-refractivity contribution in [2.24, 2.45) is 5.41 Å². The smallest absolute Gasteiger partial charge is 0.309 e. The van der Waals surface area contributed by atoms with Crippen molar-refractivity contribution in [1.82, 2.24) is 5.32 Å². The summed E-state index contributed by atoms with van der Waals surface area (Å²) in [5.41, 5.74) is -1.01. The van der Waals surface area contributed by atoms with Crippen molar-refractivity contribution in [3.8, 4) is 0 Å². The number of carboxylic acids is 1. The predicted octanol–water partition coefficient (Wildman–Crippen LogP) is 1.17. The lowest BCUT2D eigenvalue weighted by molar-refractivity contribution is -0.149. The molecule has 5 heteroatoms. The molecule has 0 spiro atoms. The van der Waals surface area contributed by atoms with Gasteiger partial charge in [0.05, 0.1) is 11.5 Å². The van der Waals surface area contributed by atoms with Gasteiger partial charge in [-0.2, -0.15) is 0 Å². The van der Waals surface area contributed by atoms with Gasteiger partial charge in [-0.25, -0.2) is 0 Å². The average molecular weight is 243 g/mol. The molecular formula is C12H21NO4. The van der Waals surface area contributed by atoms with Gasteiger partial charge < -0.3 is 15.2 Å². The van der Waals surface area contributed by atoms with Gasteiger partial charge in [0.25, 0.3) is 0 Å². The van der Waals surface area contributed by atoms with E-state index in [1.54, 1.807) is 13.8 Å². The Hall–Kier alpha value is -1.10. The molecule has 5 nitrogen and oxygen atoms in total. The number of aliphatic carboxylic acids is 1. The summed E-state index contributed by atoms with van der Waals surface area (Å²) < 4.78 is 5.38. The van der Waals surface area contributed by atoms with Crippen molar-refractivity contribution in [2.45, 2.75) is 52.2 Å². The molecule has 0 atom stereocenters. The van der Waals surface area contributed by atoms with Crippen molar-refractivity contribution in [3.05, 3.63) is 0 Å². The lowest BCUT2D eigenvalue weighted by atomic mass is 9.86. The highest BCUT2D eigenvalue weighted by atomic mass is 16.5. The fourth-order valence-electron chi connectivity index (χ4n) is 1.81. The first kappa shape index (κ1) is 14.0. The monoisotopic (exact) mass is 243 g/mol. The SMILES string of the molecule is CCOC1CC(NC(=O)CC(C)(C)C(=O)O)C1. The standard InChI is InChI=1S/C12H21NO4/c1-4-17-9-5-8(6-9)13-10(14)7-12(2,3)11(15)16/h8-9H,4-7H2,1-3H3,(H,13,14)(H,15,16). The Morgan fingerprint density at radius 1 is 1.41 bits per heavy atom. The van der Waals surface area contributed by atoms with Crippen LogP contribution in [0.1, 0.15) is 40.0 Å². The van der Waals surface area contributed by atoms with Crippen LogP contribution in [0.4, 0.5) is 0 Å². The van der Waals surface area contributed by atoms with Crippen molar-refractivity contribution in [1.29, 1.82) is 0 Å². The van der Waals surface area contributed by atoms with Gasteiger partial charge >= 0.3 is 5.97 Å². The molecule has 0 unspecified atom stereocenters.